The smallest absolute Gasteiger partial charge is 0.326 e. The van der Waals surface area contributed by atoms with Crippen LogP contribution in [0.2, 0.25) is 0 Å². The van der Waals surface area contributed by atoms with Crippen molar-refractivity contribution in [3.8, 4) is 0 Å². The van der Waals surface area contributed by atoms with E-state index in [0.717, 1.165) is 6.42 Å². The number of hydrogen-bond donors (Lipinski definition) is 1. The number of hydrogen-bond acceptors (Lipinski definition) is 4. The third kappa shape index (κ3) is 4.76. The van der Waals surface area contributed by atoms with Gasteiger partial charge < -0.3 is 19.5 Å². The Morgan fingerprint density at radius 3 is 2.70 bits per heavy atom. The molecule has 3 unspecified atom stereocenters. The van der Waals surface area contributed by atoms with Gasteiger partial charge in [0.15, 0.2) is 0 Å². The largest absolute Gasteiger partial charge is 0.480 e. The average molecular weight is 287 g/mol. The molecule has 1 heterocycles. The predicted molar refractivity (Wildman–Crippen MR) is 73.4 cm³/mol. The Morgan fingerprint density at radius 2 is 2.10 bits per heavy atom. The summed E-state index contributed by atoms with van der Waals surface area (Å²) in [5, 5.41) is 9.25. The highest BCUT2D eigenvalue weighted by Crippen LogP contribution is 2.23. The van der Waals surface area contributed by atoms with Crippen molar-refractivity contribution in [2.24, 2.45) is 5.92 Å². The van der Waals surface area contributed by atoms with Gasteiger partial charge in [0, 0.05) is 13.2 Å². The molecule has 0 radical (unpaired) electrons. The van der Waals surface area contributed by atoms with Crippen molar-refractivity contribution in [1.82, 2.24) is 4.90 Å². The molecule has 0 aromatic carbocycles. The first kappa shape index (κ1) is 16.9. The molecular formula is C14H25NO5. The first-order valence-electron chi connectivity index (χ1n) is 7.20. The average Bonchev–Trinajstić information content (AvgIpc) is 2.42. The van der Waals surface area contributed by atoms with E-state index in [9.17, 15) is 14.7 Å². The Kier molecular flexibility index (Phi) is 6.95. The molecule has 0 bridgehead atoms. The third-order valence-corrected chi connectivity index (χ3v) is 3.58. The second kappa shape index (κ2) is 8.21. The summed E-state index contributed by atoms with van der Waals surface area (Å²) in [5.41, 5.74) is 0. The van der Waals surface area contributed by atoms with Gasteiger partial charge >= 0.3 is 5.97 Å². The van der Waals surface area contributed by atoms with Crippen LogP contribution >= 0.6 is 0 Å². The quantitative estimate of drug-likeness (QED) is 0.711. The number of amides is 1. The van der Waals surface area contributed by atoms with Gasteiger partial charge in [0.25, 0.3) is 5.91 Å². The molecule has 0 spiro atoms. The Morgan fingerprint density at radius 1 is 1.40 bits per heavy atom. The van der Waals surface area contributed by atoms with E-state index < -0.39 is 18.1 Å². The highest BCUT2D eigenvalue weighted by molar-refractivity contribution is 5.86. The van der Waals surface area contributed by atoms with E-state index in [2.05, 4.69) is 0 Å². The number of likely N-dealkylation sites (tertiary alicyclic amines) is 1. The first-order chi connectivity index (χ1) is 9.47. The van der Waals surface area contributed by atoms with Crippen LogP contribution in [0.4, 0.5) is 0 Å². The maximum absolute atomic E-state index is 12.3. The van der Waals surface area contributed by atoms with Gasteiger partial charge in [-0.2, -0.15) is 0 Å². The Bertz CT molecular complexity index is 334. The highest BCUT2D eigenvalue weighted by Gasteiger charge is 2.36. The van der Waals surface area contributed by atoms with Crippen LogP contribution in [-0.2, 0) is 19.1 Å². The zero-order chi connectivity index (χ0) is 15.1. The summed E-state index contributed by atoms with van der Waals surface area (Å²) in [6.07, 6.45) is 0.708. The summed E-state index contributed by atoms with van der Waals surface area (Å²) in [6.45, 7) is 7.43. The van der Waals surface area contributed by atoms with Gasteiger partial charge in [0.1, 0.15) is 12.1 Å². The van der Waals surface area contributed by atoms with E-state index in [4.69, 9.17) is 9.47 Å². The van der Waals surface area contributed by atoms with Crippen LogP contribution in [0.3, 0.4) is 0 Å². The molecule has 20 heavy (non-hydrogen) atoms. The van der Waals surface area contributed by atoms with Crippen LogP contribution in [0, 0.1) is 5.92 Å². The number of carboxylic acid groups (broad SMARTS) is 1. The summed E-state index contributed by atoms with van der Waals surface area (Å²) in [4.78, 5) is 25.0. The van der Waals surface area contributed by atoms with Crippen molar-refractivity contribution in [2.45, 2.75) is 45.8 Å². The second-order valence-electron chi connectivity index (χ2n) is 5.23. The van der Waals surface area contributed by atoms with Gasteiger partial charge in [-0.25, -0.2) is 4.79 Å². The minimum absolute atomic E-state index is 0.249. The van der Waals surface area contributed by atoms with Gasteiger partial charge in [-0.15, -0.1) is 0 Å². The Labute approximate surface area is 120 Å². The molecule has 1 amide bonds. The fourth-order valence-electron chi connectivity index (χ4n) is 2.37. The van der Waals surface area contributed by atoms with Crippen molar-refractivity contribution >= 4 is 11.9 Å². The molecule has 6 heteroatoms. The number of carbonyl (C=O) groups is 2. The van der Waals surface area contributed by atoms with Crippen molar-refractivity contribution in [1.29, 1.82) is 0 Å². The zero-order valence-electron chi connectivity index (χ0n) is 12.5. The number of nitrogens with zero attached hydrogens (tertiary/aromatic N) is 1. The fourth-order valence-corrected chi connectivity index (χ4v) is 2.37. The maximum Gasteiger partial charge on any atom is 0.326 e. The summed E-state index contributed by atoms with van der Waals surface area (Å²) in [7, 11) is 0. The van der Waals surface area contributed by atoms with E-state index in [-0.39, 0.29) is 5.91 Å². The van der Waals surface area contributed by atoms with Crippen LogP contribution < -0.4 is 0 Å². The molecule has 3 atom stereocenters. The monoisotopic (exact) mass is 287 g/mol. The SMILES string of the molecule is CCOCCOC(C)C(=O)N1CCC(C)CC1C(=O)O. The molecule has 1 aliphatic rings. The number of rotatable bonds is 7. The van der Waals surface area contributed by atoms with Crippen LogP contribution in [0.15, 0.2) is 0 Å². The van der Waals surface area contributed by atoms with Crippen LogP contribution in [-0.4, -0.2) is 60.4 Å². The molecule has 1 fully saturated rings. The van der Waals surface area contributed by atoms with Crippen molar-refractivity contribution in [3.63, 3.8) is 0 Å². The molecule has 116 valence electrons. The molecular weight excluding hydrogens is 262 g/mol. The van der Waals surface area contributed by atoms with E-state index in [1.165, 1.54) is 4.90 Å². The maximum atomic E-state index is 12.3. The molecule has 0 aliphatic carbocycles. The molecule has 6 nitrogen and oxygen atoms in total. The number of carboxylic acids is 1. The summed E-state index contributed by atoms with van der Waals surface area (Å²) in [6, 6.07) is -0.732. The van der Waals surface area contributed by atoms with E-state index in [1.54, 1.807) is 6.92 Å². The molecule has 1 aliphatic heterocycles. The summed E-state index contributed by atoms with van der Waals surface area (Å²) in [5.74, 6) is -0.860. The van der Waals surface area contributed by atoms with Gasteiger partial charge in [-0.05, 0) is 32.6 Å². The topological polar surface area (TPSA) is 76.1 Å². The minimum Gasteiger partial charge on any atom is -0.480 e. The van der Waals surface area contributed by atoms with E-state index >= 15 is 0 Å². The molecule has 1 N–H and O–H groups in total. The van der Waals surface area contributed by atoms with Crippen LogP contribution in [0.5, 0.6) is 0 Å². The van der Waals surface area contributed by atoms with Crippen molar-refractivity contribution in [2.75, 3.05) is 26.4 Å². The van der Waals surface area contributed by atoms with Gasteiger partial charge in [0.2, 0.25) is 0 Å². The molecule has 1 rings (SSSR count). The number of ether oxygens (including phenoxy) is 2. The number of aliphatic carboxylic acids is 1. The van der Waals surface area contributed by atoms with E-state index in [0.29, 0.717) is 38.7 Å². The highest BCUT2D eigenvalue weighted by atomic mass is 16.5. The van der Waals surface area contributed by atoms with Gasteiger partial charge in [0.05, 0.1) is 13.2 Å². The van der Waals surface area contributed by atoms with Gasteiger partial charge in [-0.3, -0.25) is 4.79 Å². The first-order valence-corrected chi connectivity index (χ1v) is 7.20. The normalized spacial score (nSPS) is 24.4. The predicted octanol–water partition coefficient (Wildman–Crippen LogP) is 1.14. The summed E-state index contributed by atoms with van der Waals surface area (Å²) < 4.78 is 10.5. The fraction of sp³-hybridized carbons (Fsp3) is 0.857. The molecule has 0 aromatic rings. The zero-order valence-corrected chi connectivity index (χ0v) is 12.5. The lowest BCUT2D eigenvalue weighted by atomic mass is 9.92. The standard InChI is InChI=1S/C14H25NO5/c1-4-19-7-8-20-11(3)13(16)15-6-5-10(2)9-12(15)14(17)18/h10-12H,4-9H2,1-3H3,(H,17,18). The van der Waals surface area contributed by atoms with E-state index in [1.807, 2.05) is 13.8 Å². The van der Waals surface area contributed by atoms with Crippen molar-refractivity contribution in [3.05, 3.63) is 0 Å². The number of piperidine rings is 1. The van der Waals surface area contributed by atoms with Gasteiger partial charge in [-0.1, -0.05) is 6.92 Å². The molecule has 1 saturated heterocycles. The van der Waals surface area contributed by atoms with Crippen molar-refractivity contribution < 1.29 is 24.2 Å². The Balaban J connectivity index is 2.52. The lowest BCUT2D eigenvalue weighted by Crippen LogP contribution is -2.53. The molecule has 0 saturated carbocycles. The van der Waals surface area contributed by atoms with Crippen LogP contribution in [0.25, 0.3) is 0 Å². The van der Waals surface area contributed by atoms with Crippen LogP contribution in [0.1, 0.15) is 33.6 Å². The minimum atomic E-state index is -0.939. The lowest BCUT2D eigenvalue weighted by Gasteiger charge is -2.37. The third-order valence-electron chi connectivity index (χ3n) is 3.58. The lowest BCUT2D eigenvalue weighted by molar-refractivity contribution is -0.158. The summed E-state index contributed by atoms with van der Waals surface area (Å²) >= 11 is 0. The molecule has 0 aromatic heterocycles. The second-order valence-corrected chi connectivity index (χ2v) is 5.23. The Hall–Kier alpha value is -1.14. The number of carbonyl (C=O) groups excluding carboxylic acids is 1.